The lowest BCUT2D eigenvalue weighted by atomic mass is 9.81. The van der Waals surface area contributed by atoms with Crippen molar-refractivity contribution < 1.29 is 14.4 Å². The molecule has 3 fully saturated rings. The molecule has 0 spiro atoms. The van der Waals surface area contributed by atoms with Gasteiger partial charge in [0.25, 0.3) is 0 Å². The molecule has 3 amide bonds. The highest BCUT2D eigenvalue weighted by molar-refractivity contribution is 6.05. The average molecular weight is 398 g/mol. The zero-order valence-electron chi connectivity index (χ0n) is 17.0. The van der Waals surface area contributed by atoms with E-state index in [0.29, 0.717) is 0 Å². The number of nitrogens with one attached hydrogen (secondary N) is 1. The molecule has 1 aliphatic carbocycles. The third-order valence-corrected chi connectivity index (χ3v) is 6.61. The van der Waals surface area contributed by atoms with E-state index in [1.54, 1.807) is 0 Å². The number of likely N-dealkylation sites (tertiary alicyclic amines) is 2. The molecule has 6 nitrogen and oxygen atoms in total. The molecule has 2 aliphatic heterocycles. The summed E-state index contributed by atoms with van der Waals surface area (Å²) in [6.07, 6.45) is 5.92. The molecule has 3 aliphatic rings. The SMILES string of the molecule is O=C(CCN1C(=O)[C@@H]2CCCC[C@H]2C1=O)N[C@@H]1CCCN(Cc2ccccc2)C1. The van der Waals surface area contributed by atoms with E-state index < -0.39 is 0 Å². The van der Waals surface area contributed by atoms with Gasteiger partial charge in [-0.15, -0.1) is 0 Å². The van der Waals surface area contributed by atoms with Gasteiger partial charge in [0.2, 0.25) is 17.7 Å². The molecule has 4 rings (SSSR count). The number of nitrogens with zero attached hydrogens (tertiary/aromatic N) is 2. The zero-order valence-corrected chi connectivity index (χ0v) is 17.0. The highest BCUT2D eigenvalue weighted by Crippen LogP contribution is 2.37. The van der Waals surface area contributed by atoms with Crippen molar-refractivity contribution >= 4 is 17.7 Å². The highest BCUT2D eigenvalue weighted by atomic mass is 16.2. The van der Waals surface area contributed by atoms with Crippen molar-refractivity contribution in [3.8, 4) is 0 Å². The number of carbonyl (C=O) groups is 3. The topological polar surface area (TPSA) is 69.7 Å². The number of fused-ring (bicyclic) bond motifs is 1. The molecule has 156 valence electrons. The van der Waals surface area contributed by atoms with E-state index in [-0.39, 0.29) is 48.6 Å². The van der Waals surface area contributed by atoms with Crippen LogP contribution in [-0.2, 0) is 20.9 Å². The van der Waals surface area contributed by atoms with Crippen LogP contribution < -0.4 is 5.32 Å². The molecule has 1 N–H and O–H groups in total. The Morgan fingerprint density at radius 3 is 2.34 bits per heavy atom. The van der Waals surface area contributed by atoms with Crippen LogP contribution in [0.1, 0.15) is 50.5 Å². The fourth-order valence-corrected chi connectivity index (χ4v) is 5.12. The summed E-state index contributed by atoms with van der Waals surface area (Å²) in [4.78, 5) is 41.3. The second-order valence-corrected chi connectivity index (χ2v) is 8.70. The van der Waals surface area contributed by atoms with Crippen molar-refractivity contribution in [1.29, 1.82) is 0 Å². The molecule has 2 saturated heterocycles. The molecule has 1 saturated carbocycles. The normalized spacial score (nSPS) is 27.7. The molecule has 0 radical (unpaired) electrons. The Kier molecular flexibility index (Phi) is 6.28. The van der Waals surface area contributed by atoms with Crippen molar-refractivity contribution in [1.82, 2.24) is 15.1 Å². The molecule has 2 heterocycles. The monoisotopic (exact) mass is 397 g/mol. The second-order valence-electron chi connectivity index (χ2n) is 8.70. The minimum atomic E-state index is -0.135. The van der Waals surface area contributed by atoms with E-state index in [4.69, 9.17) is 0 Å². The molecule has 1 aromatic rings. The summed E-state index contributed by atoms with van der Waals surface area (Å²) in [6, 6.07) is 10.5. The summed E-state index contributed by atoms with van der Waals surface area (Å²) in [5, 5.41) is 3.12. The van der Waals surface area contributed by atoms with Gasteiger partial charge in [0, 0.05) is 32.1 Å². The standard InChI is InChI=1S/C23H31N3O3/c27-21(12-14-26-22(28)19-10-4-5-11-20(19)23(26)29)24-18-9-6-13-25(16-18)15-17-7-2-1-3-8-17/h1-3,7-8,18-20H,4-6,9-16H2,(H,24,27)/t18-,19-,20-/m1/s1. The summed E-state index contributed by atoms with van der Waals surface area (Å²) in [6.45, 7) is 3.00. The van der Waals surface area contributed by atoms with Crippen molar-refractivity contribution in [2.45, 2.75) is 57.5 Å². The average Bonchev–Trinajstić information content (AvgIpc) is 2.98. The largest absolute Gasteiger partial charge is 0.352 e. The molecule has 0 aromatic heterocycles. The van der Waals surface area contributed by atoms with Gasteiger partial charge in [0.15, 0.2) is 0 Å². The molecule has 29 heavy (non-hydrogen) atoms. The Bertz CT molecular complexity index is 727. The Balaban J connectivity index is 1.24. The lowest BCUT2D eigenvalue weighted by molar-refractivity contribution is -0.140. The van der Waals surface area contributed by atoms with E-state index in [0.717, 1.165) is 58.2 Å². The smallest absolute Gasteiger partial charge is 0.233 e. The van der Waals surface area contributed by atoms with E-state index >= 15 is 0 Å². The first-order chi connectivity index (χ1) is 14.1. The van der Waals surface area contributed by atoms with Crippen LogP contribution in [0.15, 0.2) is 30.3 Å². The van der Waals surface area contributed by atoms with Gasteiger partial charge in [0.05, 0.1) is 11.8 Å². The van der Waals surface area contributed by atoms with Crippen LogP contribution in [0, 0.1) is 11.8 Å². The van der Waals surface area contributed by atoms with Crippen LogP contribution in [0.25, 0.3) is 0 Å². The van der Waals surface area contributed by atoms with Gasteiger partial charge in [-0.25, -0.2) is 0 Å². The molecular weight excluding hydrogens is 366 g/mol. The number of piperidine rings is 1. The number of amides is 3. The van der Waals surface area contributed by atoms with Crippen LogP contribution in [0.4, 0.5) is 0 Å². The minimum absolute atomic E-state index is 0.0563. The maximum atomic E-state index is 12.5. The third-order valence-electron chi connectivity index (χ3n) is 6.61. The maximum Gasteiger partial charge on any atom is 0.233 e. The Hall–Kier alpha value is -2.21. The first-order valence-electron chi connectivity index (χ1n) is 11.0. The number of benzene rings is 1. The molecule has 0 unspecified atom stereocenters. The van der Waals surface area contributed by atoms with E-state index in [1.165, 1.54) is 10.5 Å². The van der Waals surface area contributed by atoms with Crippen LogP contribution in [0.3, 0.4) is 0 Å². The van der Waals surface area contributed by atoms with Crippen LogP contribution in [0.2, 0.25) is 0 Å². The van der Waals surface area contributed by atoms with Crippen molar-refractivity contribution in [3.63, 3.8) is 0 Å². The summed E-state index contributed by atoms with van der Waals surface area (Å²) >= 11 is 0. The van der Waals surface area contributed by atoms with Gasteiger partial charge in [0.1, 0.15) is 0 Å². The van der Waals surface area contributed by atoms with Gasteiger partial charge in [-0.2, -0.15) is 0 Å². The summed E-state index contributed by atoms with van der Waals surface area (Å²) in [5.74, 6) is -0.446. The van der Waals surface area contributed by atoms with Gasteiger partial charge in [-0.3, -0.25) is 24.2 Å². The summed E-state index contributed by atoms with van der Waals surface area (Å²) in [7, 11) is 0. The van der Waals surface area contributed by atoms with Gasteiger partial charge >= 0.3 is 0 Å². The molecular formula is C23H31N3O3. The molecule has 0 bridgehead atoms. The lowest BCUT2D eigenvalue weighted by Gasteiger charge is -2.33. The summed E-state index contributed by atoms with van der Waals surface area (Å²) in [5.41, 5.74) is 1.28. The van der Waals surface area contributed by atoms with Crippen molar-refractivity contribution in [2.24, 2.45) is 11.8 Å². The predicted molar refractivity (Wildman–Crippen MR) is 110 cm³/mol. The molecule has 6 heteroatoms. The number of carbonyl (C=O) groups excluding carboxylic acids is 3. The van der Waals surface area contributed by atoms with Crippen LogP contribution in [-0.4, -0.2) is 53.2 Å². The molecule has 1 aromatic carbocycles. The van der Waals surface area contributed by atoms with Gasteiger partial charge in [-0.1, -0.05) is 43.2 Å². The lowest BCUT2D eigenvalue weighted by Crippen LogP contribution is -2.48. The van der Waals surface area contributed by atoms with Gasteiger partial charge < -0.3 is 5.32 Å². The van der Waals surface area contributed by atoms with Crippen LogP contribution >= 0.6 is 0 Å². The zero-order chi connectivity index (χ0) is 20.2. The highest BCUT2D eigenvalue weighted by Gasteiger charge is 2.47. The van der Waals surface area contributed by atoms with E-state index in [1.807, 2.05) is 6.07 Å². The number of hydrogen-bond donors (Lipinski definition) is 1. The van der Waals surface area contributed by atoms with E-state index in [9.17, 15) is 14.4 Å². The predicted octanol–water partition coefficient (Wildman–Crippen LogP) is 2.33. The number of rotatable bonds is 6. The van der Waals surface area contributed by atoms with Crippen molar-refractivity contribution in [2.75, 3.05) is 19.6 Å². The Labute approximate surface area is 172 Å². The Morgan fingerprint density at radius 1 is 0.966 bits per heavy atom. The van der Waals surface area contributed by atoms with Gasteiger partial charge in [-0.05, 0) is 37.8 Å². The summed E-state index contributed by atoms with van der Waals surface area (Å²) < 4.78 is 0. The quantitative estimate of drug-likeness (QED) is 0.748. The molecule has 3 atom stereocenters. The van der Waals surface area contributed by atoms with Crippen LogP contribution in [0.5, 0.6) is 0 Å². The second kappa shape index (κ2) is 9.08. The number of hydrogen-bond acceptors (Lipinski definition) is 4. The third kappa shape index (κ3) is 4.69. The fourth-order valence-electron chi connectivity index (χ4n) is 5.12. The maximum absolute atomic E-state index is 12.5. The first-order valence-corrected chi connectivity index (χ1v) is 11.0. The first kappa shape index (κ1) is 20.1. The minimum Gasteiger partial charge on any atom is -0.352 e. The number of imide groups is 1. The van der Waals surface area contributed by atoms with E-state index in [2.05, 4.69) is 34.5 Å². The fraction of sp³-hybridized carbons (Fsp3) is 0.609. The Morgan fingerprint density at radius 2 is 1.66 bits per heavy atom. The van der Waals surface area contributed by atoms with Crippen molar-refractivity contribution in [3.05, 3.63) is 35.9 Å².